The van der Waals surface area contributed by atoms with Gasteiger partial charge in [-0.05, 0) is 75.3 Å². The van der Waals surface area contributed by atoms with E-state index in [1.54, 1.807) is 49.7 Å². The highest BCUT2D eigenvalue weighted by Gasteiger charge is 2.39. The van der Waals surface area contributed by atoms with Crippen LogP contribution in [0, 0.1) is 17.0 Å². The summed E-state index contributed by atoms with van der Waals surface area (Å²) in [6.45, 7) is 7.63. The number of imide groups is 1. The predicted octanol–water partition coefficient (Wildman–Crippen LogP) is 1.84. The number of carbonyl (C=O) groups is 12. The van der Waals surface area contributed by atoms with Gasteiger partial charge in [-0.25, -0.2) is 18.4 Å². The number of benzene rings is 2. The van der Waals surface area contributed by atoms with Gasteiger partial charge >= 0.3 is 17.9 Å². The number of hydrogen-bond acceptors (Lipinski definition) is 14. The second kappa shape index (κ2) is 30.3. The van der Waals surface area contributed by atoms with Gasteiger partial charge in [0.2, 0.25) is 41.4 Å². The summed E-state index contributed by atoms with van der Waals surface area (Å²) in [5, 5.41) is 41.5. The zero-order valence-corrected chi connectivity index (χ0v) is 46.6. The Morgan fingerprint density at radius 1 is 0.744 bits per heavy atom. The van der Waals surface area contributed by atoms with Crippen molar-refractivity contribution < 1.29 is 86.5 Å². The molecule has 0 spiro atoms. The van der Waals surface area contributed by atoms with Crippen LogP contribution in [-0.2, 0) is 68.9 Å². The highest BCUT2D eigenvalue weighted by molar-refractivity contribution is 6.01. The molecule has 1 saturated heterocycles. The fourth-order valence-corrected chi connectivity index (χ4v) is 8.79. The van der Waals surface area contributed by atoms with Crippen molar-refractivity contribution >= 4 is 71.1 Å². The summed E-state index contributed by atoms with van der Waals surface area (Å²) >= 11 is 0. The molecule has 25 nitrogen and oxygen atoms in total. The van der Waals surface area contributed by atoms with Crippen molar-refractivity contribution in [1.29, 1.82) is 0 Å². The first-order valence-electron chi connectivity index (χ1n) is 26.4. The molecule has 0 saturated carbocycles. The van der Waals surface area contributed by atoms with Gasteiger partial charge in [-0.1, -0.05) is 51.1 Å². The van der Waals surface area contributed by atoms with Gasteiger partial charge in [0.25, 0.3) is 11.8 Å². The van der Waals surface area contributed by atoms with E-state index in [0.717, 1.165) is 28.7 Å². The number of hydrogen-bond donors (Lipinski definition) is 8. The number of nitrogens with one attached hydrogen (secondary N) is 5. The van der Waals surface area contributed by atoms with E-state index >= 15 is 4.39 Å². The molecular formula is C55H71F2N9O16. The molecule has 3 aromatic rings. The lowest BCUT2D eigenvalue weighted by Gasteiger charge is -2.41. The quantitative estimate of drug-likeness (QED) is 0.0442. The average molecular weight is 1150 g/mol. The van der Waals surface area contributed by atoms with Gasteiger partial charge in [0, 0.05) is 88.2 Å². The molecule has 27 heteroatoms. The molecule has 446 valence electrons. The number of aromatic nitrogens is 1. The van der Waals surface area contributed by atoms with Crippen molar-refractivity contribution in [3.63, 3.8) is 0 Å². The molecule has 4 rings (SSSR count). The summed E-state index contributed by atoms with van der Waals surface area (Å²) in [6.07, 6.45) is -1.16. The molecule has 0 bridgehead atoms. The van der Waals surface area contributed by atoms with Crippen LogP contribution in [0.25, 0.3) is 11.1 Å². The van der Waals surface area contributed by atoms with Gasteiger partial charge in [0.15, 0.2) is 0 Å². The molecule has 0 radical (unpaired) electrons. The summed E-state index contributed by atoms with van der Waals surface area (Å²) in [5.41, 5.74) is 0.474. The van der Waals surface area contributed by atoms with Crippen molar-refractivity contribution in [2.24, 2.45) is 5.41 Å². The van der Waals surface area contributed by atoms with Crippen LogP contribution in [0.15, 0.2) is 60.8 Å². The molecule has 0 unspecified atom stereocenters. The molecule has 1 aromatic heterocycles. The number of aliphatic carboxylic acids is 2. The summed E-state index contributed by atoms with van der Waals surface area (Å²) in [6, 6.07) is 5.63. The molecule has 2 aromatic carbocycles. The van der Waals surface area contributed by atoms with Crippen molar-refractivity contribution in [1.82, 2.24) is 46.0 Å². The van der Waals surface area contributed by atoms with Crippen molar-refractivity contribution in [3.05, 3.63) is 83.7 Å². The third kappa shape index (κ3) is 19.3. The highest BCUT2D eigenvalue weighted by Crippen LogP contribution is 2.41. The smallest absolute Gasteiger partial charge is 0.333 e. The lowest BCUT2D eigenvalue weighted by Crippen LogP contribution is -2.57. The Morgan fingerprint density at radius 2 is 1.39 bits per heavy atom. The van der Waals surface area contributed by atoms with Gasteiger partial charge in [0.1, 0.15) is 48.5 Å². The maximum Gasteiger partial charge on any atom is 0.333 e. The molecule has 82 heavy (non-hydrogen) atoms. The van der Waals surface area contributed by atoms with Crippen LogP contribution < -0.4 is 26.6 Å². The van der Waals surface area contributed by atoms with Crippen LogP contribution in [0.1, 0.15) is 117 Å². The number of carboxylic acid groups (broad SMARTS) is 2. The van der Waals surface area contributed by atoms with Gasteiger partial charge in [0.05, 0.1) is 6.04 Å². The largest absolute Gasteiger partial charge is 0.481 e. The number of carbonyl (C=O) groups excluding carboxylic acids is 10. The molecule has 9 amide bonds. The summed E-state index contributed by atoms with van der Waals surface area (Å²) in [4.78, 5) is 160. The molecule has 6 atom stereocenters. The van der Waals surface area contributed by atoms with Gasteiger partial charge in [-0.2, -0.15) is 0 Å². The Kier molecular flexibility index (Phi) is 24.3. The number of rotatable bonds is 30. The first kappa shape index (κ1) is 65.9. The topological polar surface area (TPSA) is 350 Å². The first-order chi connectivity index (χ1) is 38.5. The van der Waals surface area contributed by atoms with Crippen LogP contribution >= 0.6 is 0 Å². The Labute approximate surface area is 471 Å². The number of likely N-dealkylation sites (N-methyl/N-ethyl adjacent to an activating group) is 1. The maximum absolute atomic E-state index is 15.4. The van der Waals surface area contributed by atoms with Crippen LogP contribution in [0.5, 0.6) is 0 Å². The van der Waals surface area contributed by atoms with E-state index < -0.39 is 163 Å². The molecule has 1 aliphatic rings. The molecule has 8 N–H and O–H groups in total. The fraction of sp³-hybridized carbons (Fsp3) is 0.491. The second-order valence-electron chi connectivity index (χ2n) is 20.7. The number of hydroxylamine groups is 2. The third-order valence-corrected chi connectivity index (χ3v) is 13.2. The number of aliphatic hydroxyl groups excluding tert-OH is 1. The van der Waals surface area contributed by atoms with Crippen LogP contribution in [0.4, 0.5) is 8.78 Å². The lowest BCUT2D eigenvalue weighted by atomic mass is 9.82. The van der Waals surface area contributed by atoms with Crippen LogP contribution in [0.3, 0.4) is 0 Å². The van der Waals surface area contributed by atoms with Crippen molar-refractivity contribution in [2.45, 2.75) is 142 Å². The Balaban J connectivity index is 1.55. The highest BCUT2D eigenvalue weighted by atomic mass is 19.1. The van der Waals surface area contributed by atoms with Gasteiger partial charge in [-0.3, -0.25) is 47.9 Å². The van der Waals surface area contributed by atoms with Crippen molar-refractivity contribution in [2.75, 3.05) is 26.7 Å². The first-order valence-corrected chi connectivity index (χ1v) is 26.4. The molecular weight excluding hydrogens is 1080 g/mol. The van der Waals surface area contributed by atoms with E-state index in [1.807, 2.05) is 18.2 Å². The molecule has 1 aliphatic heterocycles. The van der Waals surface area contributed by atoms with Gasteiger partial charge < -0.3 is 61.1 Å². The SMILES string of the molecule is C[C@H](NC(=O)[C@H](C)N(C)C(=O)[C@H](C)NC(=O)CCCC(=O)ON1C(=O)CCC1=O)C(=O)N[C@@H](CCN(C(=O)CO)[C@@H](c1cc(-c2cc(F)ccc2F)cn1Cc1ccccc1)C(C)(C)C)C(=O)NCCC(=O)N[C@H](CCC(=O)O)C(=O)O. The van der Waals surface area contributed by atoms with Crippen molar-refractivity contribution in [3.8, 4) is 11.1 Å². The minimum Gasteiger partial charge on any atom is -0.481 e. The Hall–Kier alpha value is -8.62. The van der Waals surface area contributed by atoms with E-state index in [0.29, 0.717) is 10.8 Å². The zero-order chi connectivity index (χ0) is 61.2. The Morgan fingerprint density at radius 3 is 2.00 bits per heavy atom. The van der Waals surface area contributed by atoms with E-state index in [2.05, 4.69) is 26.6 Å². The molecule has 2 heterocycles. The average Bonchev–Trinajstić information content (AvgIpc) is 4.05. The lowest BCUT2D eigenvalue weighted by molar-refractivity contribution is -0.197. The second-order valence-corrected chi connectivity index (χ2v) is 20.7. The number of amides is 9. The number of halogens is 2. The predicted molar refractivity (Wildman–Crippen MR) is 285 cm³/mol. The normalized spacial score (nSPS) is 14.5. The summed E-state index contributed by atoms with van der Waals surface area (Å²) in [7, 11) is 1.26. The fourth-order valence-electron chi connectivity index (χ4n) is 8.79. The summed E-state index contributed by atoms with van der Waals surface area (Å²) in [5.74, 6) is -12.3. The number of carboxylic acids is 2. The van der Waals surface area contributed by atoms with Crippen LogP contribution in [-0.4, -0.2) is 163 Å². The third-order valence-electron chi connectivity index (χ3n) is 13.2. The van der Waals surface area contributed by atoms with E-state index in [9.17, 15) is 72.1 Å². The standard InChI is InChI=1S/C55H71F2N9O16/c1-31(60-51(77)33(3)63(7)53(79)32(2)59-42(68)14-11-15-48(75)82-66-44(70)19-20-45(66)71)50(76)62-39(52(78)58-24-22-43(69)61-40(54(80)81)18-21-47(73)74)23-25-65(46(72)30-67)49(55(4,5)6)41-26-35(37-27-36(56)16-17-38(37)57)29-64(41)28-34-12-9-8-10-13-34/h8-10,12-13,16-17,26-27,29,31-33,39-40,49,67H,11,14-15,18-25,28,30H2,1-7H3,(H,58,78)(H,59,68)(H,60,77)(H,61,69)(H,62,76)(H,73,74)(H,80,81)/t31-,32-,33-,39-,40+,49-/m0/s1. The van der Waals surface area contributed by atoms with E-state index in [-0.39, 0.29) is 56.3 Å². The van der Waals surface area contributed by atoms with E-state index in [1.165, 1.54) is 32.7 Å². The van der Waals surface area contributed by atoms with E-state index in [4.69, 9.17) is 9.94 Å². The monoisotopic (exact) mass is 1150 g/mol. The summed E-state index contributed by atoms with van der Waals surface area (Å²) < 4.78 is 31.7. The molecule has 0 aliphatic carbocycles. The number of nitrogens with zero attached hydrogens (tertiary/aromatic N) is 4. The maximum atomic E-state index is 15.4. The molecule has 1 fully saturated rings. The number of aliphatic hydroxyl groups is 1. The van der Waals surface area contributed by atoms with Gasteiger partial charge in [-0.15, -0.1) is 5.06 Å². The van der Waals surface area contributed by atoms with Crippen LogP contribution in [0.2, 0.25) is 0 Å². The Bertz CT molecular complexity index is 2840. The zero-order valence-electron chi connectivity index (χ0n) is 46.6. The minimum atomic E-state index is -1.57. The minimum absolute atomic E-state index is 0.0632.